The van der Waals surface area contributed by atoms with Crippen molar-refractivity contribution >= 4 is 5.91 Å². The number of primary amides is 1. The van der Waals surface area contributed by atoms with Gasteiger partial charge in [-0.1, -0.05) is 26.0 Å². The lowest BCUT2D eigenvalue weighted by Gasteiger charge is -2.18. The van der Waals surface area contributed by atoms with Gasteiger partial charge in [-0.05, 0) is 23.6 Å². The minimum Gasteiger partial charge on any atom is -0.368 e. The van der Waals surface area contributed by atoms with E-state index in [9.17, 15) is 9.18 Å². The van der Waals surface area contributed by atoms with E-state index in [1.165, 1.54) is 12.1 Å². The van der Waals surface area contributed by atoms with E-state index in [2.05, 4.69) is 5.32 Å². The van der Waals surface area contributed by atoms with Crippen LogP contribution in [0.4, 0.5) is 4.39 Å². The second kappa shape index (κ2) is 5.61. The molecule has 0 bridgehead atoms. The zero-order valence-electron chi connectivity index (χ0n) is 9.53. The molecular formula is C12H17FN2O. The Bertz CT molecular complexity index is 349. The highest BCUT2D eigenvalue weighted by molar-refractivity contribution is 5.80. The normalized spacial score (nSPS) is 12.8. The summed E-state index contributed by atoms with van der Waals surface area (Å²) in [4.78, 5) is 11.1. The Hall–Kier alpha value is -1.42. The monoisotopic (exact) mass is 224 g/mol. The van der Waals surface area contributed by atoms with Crippen LogP contribution in [0, 0.1) is 11.7 Å². The minimum absolute atomic E-state index is 0.137. The number of carbonyl (C=O) groups excluding carboxylic acids is 1. The molecule has 3 N–H and O–H groups in total. The van der Waals surface area contributed by atoms with Gasteiger partial charge in [0.2, 0.25) is 5.91 Å². The first-order chi connectivity index (χ1) is 7.50. The van der Waals surface area contributed by atoms with Crippen LogP contribution in [0.2, 0.25) is 0 Å². The summed E-state index contributed by atoms with van der Waals surface area (Å²) in [6, 6.07) is 5.80. The average Bonchev–Trinajstić information content (AvgIpc) is 2.20. The molecule has 0 spiro atoms. The summed E-state index contributed by atoms with van der Waals surface area (Å²) in [6.07, 6.45) is 0. The number of nitrogens with two attached hydrogens (primary N) is 1. The van der Waals surface area contributed by atoms with Crippen LogP contribution in [0.5, 0.6) is 0 Å². The topological polar surface area (TPSA) is 55.1 Å². The van der Waals surface area contributed by atoms with Crippen molar-refractivity contribution in [3.05, 3.63) is 35.6 Å². The van der Waals surface area contributed by atoms with Crippen LogP contribution in [0.1, 0.15) is 19.4 Å². The Labute approximate surface area is 94.8 Å². The molecule has 16 heavy (non-hydrogen) atoms. The summed E-state index contributed by atoms with van der Waals surface area (Å²) >= 11 is 0. The Kier molecular flexibility index (Phi) is 4.43. The summed E-state index contributed by atoms with van der Waals surface area (Å²) < 4.78 is 12.6. The molecule has 0 fully saturated rings. The van der Waals surface area contributed by atoms with E-state index in [0.717, 1.165) is 5.56 Å². The fraction of sp³-hybridized carbons (Fsp3) is 0.417. The van der Waals surface area contributed by atoms with Gasteiger partial charge >= 0.3 is 0 Å². The molecule has 1 rings (SSSR count). The molecule has 1 atom stereocenters. The number of hydrogen-bond acceptors (Lipinski definition) is 2. The van der Waals surface area contributed by atoms with Gasteiger partial charge in [0, 0.05) is 6.54 Å². The van der Waals surface area contributed by atoms with Crippen molar-refractivity contribution in [3.63, 3.8) is 0 Å². The maximum absolute atomic E-state index is 12.6. The fourth-order valence-electron chi connectivity index (χ4n) is 1.49. The zero-order valence-corrected chi connectivity index (χ0v) is 9.53. The lowest BCUT2D eigenvalue weighted by Crippen LogP contribution is -2.44. The van der Waals surface area contributed by atoms with Gasteiger partial charge in [-0.2, -0.15) is 0 Å². The molecule has 0 saturated carbocycles. The molecule has 0 heterocycles. The number of amides is 1. The van der Waals surface area contributed by atoms with Crippen molar-refractivity contribution < 1.29 is 9.18 Å². The van der Waals surface area contributed by atoms with Crippen molar-refractivity contribution in [2.45, 2.75) is 26.4 Å². The molecular weight excluding hydrogens is 207 g/mol. The van der Waals surface area contributed by atoms with Crippen LogP contribution in [0.3, 0.4) is 0 Å². The number of carbonyl (C=O) groups is 1. The van der Waals surface area contributed by atoms with Gasteiger partial charge < -0.3 is 11.1 Å². The van der Waals surface area contributed by atoms with E-state index in [0.29, 0.717) is 6.54 Å². The van der Waals surface area contributed by atoms with Crippen molar-refractivity contribution in [2.24, 2.45) is 11.7 Å². The van der Waals surface area contributed by atoms with Gasteiger partial charge in [0.1, 0.15) is 5.82 Å². The largest absolute Gasteiger partial charge is 0.368 e. The molecule has 88 valence electrons. The van der Waals surface area contributed by atoms with Crippen LogP contribution in [0.25, 0.3) is 0 Å². The second-order valence-corrected chi connectivity index (χ2v) is 4.13. The Morgan fingerprint density at radius 3 is 2.38 bits per heavy atom. The number of benzene rings is 1. The number of halogens is 1. The first kappa shape index (κ1) is 12.6. The quantitative estimate of drug-likeness (QED) is 0.794. The maximum Gasteiger partial charge on any atom is 0.234 e. The molecule has 1 amide bonds. The molecule has 3 nitrogen and oxygen atoms in total. The van der Waals surface area contributed by atoms with E-state index in [4.69, 9.17) is 5.73 Å². The zero-order chi connectivity index (χ0) is 12.1. The van der Waals surface area contributed by atoms with Crippen molar-refractivity contribution in [1.82, 2.24) is 5.32 Å². The molecule has 1 aromatic rings. The summed E-state index contributed by atoms with van der Waals surface area (Å²) in [5.74, 6) is -0.492. The van der Waals surface area contributed by atoms with Gasteiger partial charge in [0.05, 0.1) is 6.04 Å². The Morgan fingerprint density at radius 2 is 1.94 bits per heavy atom. The van der Waals surface area contributed by atoms with E-state index < -0.39 is 0 Å². The third kappa shape index (κ3) is 3.62. The number of rotatable bonds is 5. The van der Waals surface area contributed by atoms with E-state index >= 15 is 0 Å². The fourth-order valence-corrected chi connectivity index (χ4v) is 1.49. The summed E-state index contributed by atoms with van der Waals surface area (Å²) in [5.41, 5.74) is 6.19. The maximum atomic E-state index is 12.6. The van der Waals surface area contributed by atoms with Gasteiger partial charge in [-0.3, -0.25) is 4.79 Å². The molecule has 1 aromatic carbocycles. The Morgan fingerprint density at radius 1 is 1.38 bits per heavy atom. The highest BCUT2D eigenvalue weighted by atomic mass is 19.1. The predicted molar refractivity (Wildman–Crippen MR) is 61.1 cm³/mol. The molecule has 0 aliphatic carbocycles. The molecule has 0 aliphatic heterocycles. The molecule has 0 aromatic heterocycles. The molecule has 0 saturated heterocycles. The minimum atomic E-state index is -0.364. The highest BCUT2D eigenvalue weighted by Gasteiger charge is 2.18. The predicted octanol–water partition coefficient (Wildman–Crippen LogP) is 1.43. The van der Waals surface area contributed by atoms with Crippen LogP contribution in [0.15, 0.2) is 24.3 Å². The van der Waals surface area contributed by atoms with Crippen molar-refractivity contribution in [3.8, 4) is 0 Å². The highest BCUT2D eigenvalue weighted by Crippen LogP contribution is 2.05. The number of hydrogen-bond donors (Lipinski definition) is 2. The van der Waals surface area contributed by atoms with Crippen LogP contribution in [-0.2, 0) is 11.3 Å². The third-order valence-electron chi connectivity index (χ3n) is 2.41. The molecule has 0 radical (unpaired) electrons. The summed E-state index contributed by atoms with van der Waals surface area (Å²) in [7, 11) is 0. The van der Waals surface area contributed by atoms with Crippen LogP contribution >= 0.6 is 0 Å². The molecule has 4 heteroatoms. The lowest BCUT2D eigenvalue weighted by molar-refractivity contribution is -0.121. The van der Waals surface area contributed by atoms with Crippen LogP contribution < -0.4 is 11.1 Å². The lowest BCUT2D eigenvalue weighted by atomic mass is 10.0. The van der Waals surface area contributed by atoms with Gasteiger partial charge in [0.15, 0.2) is 0 Å². The average molecular weight is 224 g/mol. The van der Waals surface area contributed by atoms with E-state index in [1.54, 1.807) is 12.1 Å². The second-order valence-electron chi connectivity index (χ2n) is 4.13. The summed E-state index contributed by atoms with van der Waals surface area (Å²) in [5, 5.41) is 3.06. The van der Waals surface area contributed by atoms with Crippen LogP contribution in [-0.4, -0.2) is 11.9 Å². The van der Waals surface area contributed by atoms with E-state index in [1.807, 2.05) is 13.8 Å². The SMILES string of the molecule is CC(C)C(NCc1ccc(F)cc1)C(N)=O. The first-order valence-electron chi connectivity index (χ1n) is 5.28. The molecule has 1 unspecified atom stereocenters. The van der Waals surface area contributed by atoms with Gasteiger partial charge in [-0.25, -0.2) is 4.39 Å². The third-order valence-corrected chi connectivity index (χ3v) is 2.41. The Balaban J connectivity index is 2.55. The van der Waals surface area contributed by atoms with Crippen molar-refractivity contribution in [1.29, 1.82) is 0 Å². The molecule has 0 aliphatic rings. The van der Waals surface area contributed by atoms with Gasteiger partial charge in [-0.15, -0.1) is 0 Å². The first-order valence-corrected chi connectivity index (χ1v) is 5.28. The smallest absolute Gasteiger partial charge is 0.234 e. The summed E-state index contributed by atoms with van der Waals surface area (Å²) in [6.45, 7) is 4.35. The van der Waals surface area contributed by atoms with E-state index in [-0.39, 0.29) is 23.7 Å². The van der Waals surface area contributed by atoms with Gasteiger partial charge in [0.25, 0.3) is 0 Å². The number of nitrogens with one attached hydrogen (secondary N) is 1. The standard InChI is InChI=1S/C12H17FN2O/c1-8(2)11(12(14)16)15-7-9-3-5-10(13)6-4-9/h3-6,8,11,15H,7H2,1-2H3,(H2,14,16). The van der Waals surface area contributed by atoms with Crippen molar-refractivity contribution in [2.75, 3.05) is 0 Å².